The van der Waals surface area contributed by atoms with Crippen LogP contribution in [0.15, 0.2) is 66.9 Å². The Bertz CT molecular complexity index is 865. The largest absolute Gasteiger partial charge is 0.350 e. The number of hydrogen-bond donors (Lipinski definition) is 2. The minimum Gasteiger partial charge on any atom is -0.350 e. The van der Waals surface area contributed by atoms with Crippen LogP contribution >= 0.6 is 0 Å². The van der Waals surface area contributed by atoms with Gasteiger partial charge in [0.1, 0.15) is 5.69 Å². The third-order valence-electron chi connectivity index (χ3n) is 4.08. The number of carbonyl (C=O) groups is 1. The summed E-state index contributed by atoms with van der Waals surface area (Å²) in [6.07, 6.45) is 3.28. The quantitative estimate of drug-likeness (QED) is 0.684. The molecule has 0 saturated heterocycles. The Kier molecular flexibility index (Phi) is 5.93. The first-order valence-electron chi connectivity index (χ1n) is 8.76. The van der Waals surface area contributed by atoms with Crippen LogP contribution in [0, 0.1) is 0 Å². The molecule has 0 atom stereocenters. The standard InChI is InChI=1S/C21H22N4O/c1-2-17-10-6-7-11-18(17)24-21-23-15-13-19(25-21)20(26)22-14-12-16-8-4-3-5-9-16/h3-11,13,15H,2,12,14H2,1H3,(H,22,26)(H,23,24,25). The first-order valence-corrected chi connectivity index (χ1v) is 8.76. The van der Waals surface area contributed by atoms with E-state index in [4.69, 9.17) is 0 Å². The lowest BCUT2D eigenvalue weighted by Gasteiger charge is -2.10. The van der Waals surface area contributed by atoms with Crippen molar-refractivity contribution in [3.63, 3.8) is 0 Å². The predicted octanol–water partition coefficient (Wildman–Crippen LogP) is 3.76. The summed E-state index contributed by atoms with van der Waals surface area (Å²) in [6, 6.07) is 19.7. The first kappa shape index (κ1) is 17.6. The van der Waals surface area contributed by atoms with E-state index in [0.29, 0.717) is 18.2 Å². The second kappa shape index (κ2) is 8.76. The van der Waals surface area contributed by atoms with Crippen LogP contribution in [0.1, 0.15) is 28.5 Å². The van der Waals surface area contributed by atoms with Crippen LogP contribution in [0.2, 0.25) is 0 Å². The minimum absolute atomic E-state index is 0.199. The number of para-hydroxylation sites is 1. The van der Waals surface area contributed by atoms with Gasteiger partial charge in [-0.25, -0.2) is 9.97 Å². The minimum atomic E-state index is -0.199. The summed E-state index contributed by atoms with van der Waals surface area (Å²) >= 11 is 0. The third kappa shape index (κ3) is 4.66. The van der Waals surface area contributed by atoms with Crippen LogP contribution < -0.4 is 10.6 Å². The van der Waals surface area contributed by atoms with E-state index in [0.717, 1.165) is 18.5 Å². The fraction of sp³-hybridized carbons (Fsp3) is 0.190. The van der Waals surface area contributed by atoms with Crippen molar-refractivity contribution in [1.29, 1.82) is 0 Å². The summed E-state index contributed by atoms with van der Waals surface area (Å²) in [4.78, 5) is 20.9. The van der Waals surface area contributed by atoms with Gasteiger partial charge < -0.3 is 10.6 Å². The topological polar surface area (TPSA) is 66.9 Å². The fourth-order valence-electron chi connectivity index (χ4n) is 2.67. The van der Waals surface area contributed by atoms with E-state index < -0.39 is 0 Å². The molecule has 2 N–H and O–H groups in total. The van der Waals surface area contributed by atoms with Crippen molar-refractivity contribution in [3.8, 4) is 0 Å². The summed E-state index contributed by atoms with van der Waals surface area (Å²) in [5.41, 5.74) is 3.67. The van der Waals surface area contributed by atoms with E-state index in [1.165, 1.54) is 11.1 Å². The van der Waals surface area contributed by atoms with Gasteiger partial charge in [-0.05, 0) is 36.1 Å². The zero-order valence-electron chi connectivity index (χ0n) is 14.8. The van der Waals surface area contributed by atoms with Crippen molar-refractivity contribution >= 4 is 17.5 Å². The third-order valence-corrected chi connectivity index (χ3v) is 4.08. The molecular weight excluding hydrogens is 324 g/mol. The summed E-state index contributed by atoms with van der Waals surface area (Å²) < 4.78 is 0. The molecule has 0 radical (unpaired) electrons. The van der Waals surface area contributed by atoms with Crippen molar-refractivity contribution in [1.82, 2.24) is 15.3 Å². The van der Waals surface area contributed by atoms with Gasteiger partial charge in [0, 0.05) is 18.4 Å². The molecule has 0 bridgehead atoms. The van der Waals surface area contributed by atoms with Gasteiger partial charge in [-0.2, -0.15) is 0 Å². The molecule has 0 fully saturated rings. The smallest absolute Gasteiger partial charge is 0.270 e. The molecule has 3 aromatic rings. The summed E-state index contributed by atoms with van der Waals surface area (Å²) in [5, 5.41) is 6.10. The zero-order valence-corrected chi connectivity index (χ0v) is 14.8. The van der Waals surface area contributed by atoms with E-state index in [9.17, 15) is 4.79 Å². The first-order chi connectivity index (χ1) is 12.8. The number of benzene rings is 2. The molecule has 0 spiro atoms. The van der Waals surface area contributed by atoms with Gasteiger partial charge in [0.15, 0.2) is 0 Å². The number of anilines is 2. The second-order valence-electron chi connectivity index (χ2n) is 5.89. The Morgan fingerprint density at radius 2 is 1.77 bits per heavy atom. The highest BCUT2D eigenvalue weighted by Gasteiger charge is 2.09. The molecule has 5 nitrogen and oxygen atoms in total. The monoisotopic (exact) mass is 346 g/mol. The molecule has 2 aromatic carbocycles. The maximum atomic E-state index is 12.3. The summed E-state index contributed by atoms with van der Waals surface area (Å²) in [6.45, 7) is 2.66. The van der Waals surface area contributed by atoms with Gasteiger partial charge in [-0.15, -0.1) is 0 Å². The van der Waals surface area contributed by atoms with Crippen molar-refractivity contribution in [2.24, 2.45) is 0 Å². The number of nitrogens with one attached hydrogen (secondary N) is 2. The number of hydrogen-bond acceptors (Lipinski definition) is 4. The molecule has 26 heavy (non-hydrogen) atoms. The Morgan fingerprint density at radius 3 is 2.58 bits per heavy atom. The number of nitrogens with zero attached hydrogens (tertiary/aromatic N) is 2. The van der Waals surface area contributed by atoms with E-state index in [1.54, 1.807) is 12.3 Å². The number of carbonyl (C=O) groups excluding carboxylic acids is 1. The predicted molar refractivity (Wildman–Crippen MR) is 104 cm³/mol. The van der Waals surface area contributed by atoms with Gasteiger partial charge in [0.25, 0.3) is 5.91 Å². The van der Waals surface area contributed by atoms with Gasteiger partial charge in [0.2, 0.25) is 5.95 Å². The van der Waals surface area contributed by atoms with Gasteiger partial charge in [-0.3, -0.25) is 4.79 Å². The molecule has 1 amide bonds. The molecule has 132 valence electrons. The van der Waals surface area contributed by atoms with Gasteiger partial charge in [0.05, 0.1) is 0 Å². The number of rotatable bonds is 7. The van der Waals surface area contributed by atoms with Crippen molar-refractivity contribution in [2.75, 3.05) is 11.9 Å². The highest BCUT2D eigenvalue weighted by atomic mass is 16.1. The lowest BCUT2D eigenvalue weighted by atomic mass is 10.1. The number of aryl methyl sites for hydroxylation is 1. The van der Waals surface area contributed by atoms with E-state index in [1.807, 2.05) is 48.5 Å². The highest BCUT2D eigenvalue weighted by Crippen LogP contribution is 2.18. The normalized spacial score (nSPS) is 10.3. The molecule has 0 saturated carbocycles. The Balaban J connectivity index is 1.62. The Labute approximate surface area is 153 Å². The van der Waals surface area contributed by atoms with Crippen LogP contribution in [-0.4, -0.2) is 22.4 Å². The molecular formula is C21H22N4O. The number of aromatic nitrogens is 2. The van der Waals surface area contributed by atoms with E-state index in [2.05, 4.69) is 33.6 Å². The SMILES string of the molecule is CCc1ccccc1Nc1nccc(C(=O)NCCc2ccccc2)n1. The summed E-state index contributed by atoms with van der Waals surface area (Å²) in [7, 11) is 0. The van der Waals surface area contributed by atoms with Crippen LogP contribution in [0.5, 0.6) is 0 Å². The van der Waals surface area contributed by atoms with E-state index >= 15 is 0 Å². The Hall–Kier alpha value is -3.21. The average molecular weight is 346 g/mol. The fourth-order valence-corrected chi connectivity index (χ4v) is 2.67. The highest BCUT2D eigenvalue weighted by molar-refractivity contribution is 5.92. The molecule has 0 unspecified atom stereocenters. The lowest BCUT2D eigenvalue weighted by Crippen LogP contribution is -2.26. The van der Waals surface area contributed by atoms with Gasteiger partial charge in [-0.1, -0.05) is 55.5 Å². The molecule has 3 rings (SSSR count). The van der Waals surface area contributed by atoms with Crippen molar-refractivity contribution in [2.45, 2.75) is 19.8 Å². The second-order valence-corrected chi connectivity index (χ2v) is 5.89. The zero-order chi connectivity index (χ0) is 18.2. The number of amides is 1. The van der Waals surface area contributed by atoms with Gasteiger partial charge >= 0.3 is 0 Å². The maximum Gasteiger partial charge on any atom is 0.270 e. The maximum absolute atomic E-state index is 12.3. The molecule has 1 aromatic heterocycles. The molecule has 0 aliphatic carbocycles. The van der Waals surface area contributed by atoms with Crippen LogP contribution in [0.25, 0.3) is 0 Å². The molecule has 1 heterocycles. The van der Waals surface area contributed by atoms with Crippen LogP contribution in [0.4, 0.5) is 11.6 Å². The van der Waals surface area contributed by atoms with Crippen LogP contribution in [0.3, 0.4) is 0 Å². The summed E-state index contributed by atoms with van der Waals surface area (Å²) in [5.74, 6) is 0.219. The van der Waals surface area contributed by atoms with Crippen LogP contribution in [-0.2, 0) is 12.8 Å². The Morgan fingerprint density at radius 1 is 1.00 bits per heavy atom. The average Bonchev–Trinajstić information content (AvgIpc) is 2.69. The molecule has 0 aliphatic heterocycles. The van der Waals surface area contributed by atoms with Crippen molar-refractivity contribution < 1.29 is 4.79 Å². The van der Waals surface area contributed by atoms with Crippen molar-refractivity contribution in [3.05, 3.63) is 83.7 Å². The lowest BCUT2D eigenvalue weighted by molar-refractivity contribution is 0.0949. The van der Waals surface area contributed by atoms with E-state index in [-0.39, 0.29) is 5.91 Å². The molecule has 0 aliphatic rings. The molecule has 5 heteroatoms.